The number of nitrogens with zero attached hydrogens (tertiary/aromatic N) is 3. The highest BCUT2D eigenvalue weighted by molar-refractivity contribution is 5.67. The van der Waals surface area contributed by atoms with E-state index in [4.69, 9.17) is 4.74 Å². The Hall–Kier alpha value is -2.17. The van der Waals surface area contributed by atoms with Crippen molar-refractivity contribution in [2.75, 3.05) is 26.3 Å². The Bertz CT molecular complexity index is 832. The van der Waals surface area contributed by atoms with E-state index in [1.54, 1.807) is 0 Å². The molecule has 0 N–H and O–H groups in total. The van der Waals surface area contributed by atoms with Gasteiger partial charge in [-0.05, 0) is 42.2 Å². The van der Waals surface area contributed by atoms with Crippen molar-refractivity contribution in [1.82, 2.24) is 14.3 Å². The second kappa shape index (κ2) is 6.38. The molecular weight excluding hydrogens is 298 g/mol. The molecule has 24 heavy (non-hydrogen) atoms. The van der Waals surface area contributed by atoms with E-state index in [0.29, 0.717) is 6.04 Å². The second-order valence-electron chi connectivity index (χ2n) is 6.52. The van der Waals surface area contributed by atoms with Crippen LogP contribution in [0.1, 0.15) is 24.1 Å². The summed E-state index contributed by atoms with van der Waals surface area (Å²) in [5, 5.41) is 0. The zero-order valence-corrected chi connectivity index (χ0v) is 14.3. The second-order valence-corrected chi connectivity index (χ2v) is 6.52. The van der Waals surface area contributed by atoms with Crippen molar-refractivity contribution >= 4 is 5.65 Å². The average Bonchev–Trinajstić information content (AvgIpc) is 3.11. The molecule has 1 fully saturated rings. The van der Waals surface area contributed by atoms with E-state index in [-0.39, 0.29) is 0 Å². The Morgan fingerprint density at radius 1 is 1.08 bits per heavy atom. The number of benzene rings is 1. The third-order valence-electron chi connectivity index (χ3n) is 4.99. The summed E-state index contributed by atoms with van der Waals surface area (Å²) >= 11 is 0. The first-order chi connectivity index (χ1) is 11.7. The predicted molar refractivity (Wildman–Crippen MR) is 96.2 cm³/mol. The van der Waals surface area contributed by atoms with Crippen LogP contribution in [0.3, 0.4) is 0 Å². The summed E-state index contributed by atoms with van der Waals surface area (Å²) in [7, 11) is 0. The van der Waals surface area contributed by atoms with Crippen LogP contribution in [0.25, 0.3) is 16.8 Å². The Labute approximate surface area is 142 Å². The molecule has 0 unspecified atom stereocenters. The lowest BCUT2D eigenvalue weighted by Gasteiger charge is -2.32. The minimum atomic E-state index is 0.431. The molecule has 1 aromatic carbocycles. The summed E-state index contributed by atoms with van der Waals surface area (Å²) in [4.78, 5) is 6.88. The Balaban J connectivity index is 1.60. The molecule has 0 aliphatic carbocycles. The van der Waals surface area contributed by atoms with Gasteiger partial charge in [0.15, 0.2) is 0 Å². The zero-order chi connectivity index (χ0) is 16.5. The fourth-order valence-corrected chi connectivity index (χ4v) is 3.50. The average molecular weight is 321 g/mol. The van der Waals surface area contributed by atoms with Crippen molar-refractivity contribution < 1.29 is 4.74 Å². The summed E-state index contributed by atoms with van der Waals surface area (Å²) in [6, 6.07) is 11.6. The van der Waals surface area contributed by atoms with E-state index in [0.717, 1.165) is 32.0 Å². The number of imidazole rings is 1. The molecule has 0 amide bonds. The number of aryl methyl sites for hydroxylation is 1. The van der Waals surface area contributed by atoms with Gasteiger partial charge in [0, 0.05) is 37.7 Å². The normalized spacial score (nSPS) is 17.2. The van der Waals surface area contributed by atoms with Crippen molar-refractivity contribution in [3.8, 4) is 11.1 Å². The first kappa shape index (κ1) is 15.4. The van der Waals surface area contributed by atoms with Gasteiger partial charge in [-0.1, -0.05) is 24.3 Å². The Morgan fingerprint density at radius 3 is 2.58 bits per heavy atom. The van der Waals surface area contributed by atoms with Crippen LogP contribution in [0.4, 0.5) is 0 Å². The third-order valence-corrected chi connectivity index (χ3v) is 4.99. The van der Waals surface area contributed by atoms with Gasteiger partial charge >= 0.3 is 0 Å². The minimum Gasteiger partial charge on any atom is -0.379 e. The first-order valence-corrected chi connectivity index (χ1v) is 8.58. The fourth-order valence-electron chi connectivity index (χ4n) is 3.50. The van der Waals surface area contributed by atoms with Gasteiger partial charge in [0.1, 0.15) is 5.65 Å². The summed E-state index contributed by atoms with van der Waals surface area (Å²) in [6.07, 6.45) is 6.00. The van der Waals surface area contributed by atoms with Gasteiger partial charge in [-0.3, -0.25) is 4.90 Å². The van der Waals surface area contributed by atoms with E-state index < -0.39 is 0 Å². The third kappa shape index (κ3) is 2.83. The van der Waals surface area contributed by atoms with Gasteiger partial charge in [-0.25, -0.2) is 4.98 Å². The standard InChI is InChI=1S/C20H23N3O/c1-15-13-19(14-23-8-7-21-20(15)23)18-5-3-17(4-6-18)16(2)22-9-11-24-12-10-22/h3-8,13-14,16H,9-12H2,1-2H3/t16-/m1/s1. The van der Waals surface area contributed by atoms with Crippen molar-refractivity contribution in [1.29, 1.82) is 0 Å². The van der Waals surface area contributed by atoms with Crippen LogP contribution in [-0.2, 0) is 4.74 Å². The highest BCUT2D eigenvalue weighted by atomic mass is 16.5. The van der Waals surface area contributed by atoms with Crippen molar-refractivity contribution in [2.45, 2.75) is 19.9 Å². The zero-order valence-electron chi connectivity index (χ0n) is 14.3. The van der Waals surface area contributed by atoms with Gasteiger partial charge in [0.25, 0.3) is 0 Å². The SMILES string of the molecule is Cc1cc(-c2ccc([C@@H](C)N3CCOCC3)cc2)cn2ccnc12. The lowest BCUT2D eigenvalue weighted by Crippen LogP contribution is -2.37. The fraction of sp³-hybridized carbons (Fsp3) is 0.350. The van der Waals surface area contributed by atoms with Crippen LogP contribution in [0, 0.1) is 6.92 Å². The van der Waals surface area contributed by atoms with Crippen LogP contribution in [0.2, 0.25) is 0 Å². The highest BCUT2D eigenvalue weighted by Gasteiger charge is 2.18. The number of aromatic nitrogens is 2. The summed E-state index contributed by atoms with van der Waals surface area (Å²) < 4.78 is 7.55. The Kier molecular flexibility index (Phi) is 4.08. The van der Waals surface area contributed by atoms with E-state index in [1.165, 1.54) is 22.3 Å². The van der Waals surface area contributed by atoms with Crippen molar-refractivity contribution in [3.05, 3.63) is 60.0 Å². The number of hydrogen-bond donors (Lipinski definition) is 0. The molecule has 1 saturated heterocycles. The summed E-state index contributed by atoms with van der Waals surface area (Å²) in [6.45, 7) is 8.10. The van der Waals surface area contributed by atoms with Crippen LogP contribution < -0.4 is 0 Å². The minimum absolute atomic E-state index is 0.431. The van der Waals surface area contributed by atoms with Crippen LogP contribution in [0.5, 0.6) is 0 Å². The van der Waals surface area contributed by atoms with Gasteiger partial charge < -0.3 is 9.14 Å². The number of morpholine rings is 1. The molecule has 3 aromatic rings. The van der Waals surface area contributed by atoms with E-state index in [2.05, 4.69) is 64.7 Å². The Morgan fingerprint density at radius 2 is 1.83 bits per heavy atom. The maximum atomic E-state index is 5.45. The lowest BCUT2D eigenvalue weighted by atomic mass is 10.0. The molecule has 1 aliphatic heterocycles. The smallest absolute Gasteiger partial charge is 0.139 e. The van der Waals surface area contributed by atoms with E-state index in [1.807, 2.05) is 12.4 Å². The molecule has 4 rings (SSSR count). The van der Waals surface area contributed by atoms with Gasteiger partial charge in [0.05, 0.1) is 13.2 Å². The first-order valence-electron chi connectivity index (χ1n) is 8.58. The molecule has 0 radical (unpaired) electrons. The number of fused-ring (bicyclic) bond motifs is 1. The molecule has 2 aromatic heterocycles. The molecule has 124 valence electrons. The molecule has 1 atom stereocenters. The van der Waals surface area contributed by atoms with Gasteiger partial charge in [-0.2, -0.15) is 0 Å². The monoisotopic (exact) mass is 321 g/mol. The van der Waals surface area contributed by atoms with Gasteiger partial charge in [-0.15, -0.1) is 0 Å². The number of pyridine rings is 1. The van der Waals surface area contributed by atoms with E-state index in [9.17, 15) is 0 Å². The largest absolute Gasteiger partial charge is 0.379 e. The highest BCUT2D eigenvalue weighted by Crippen LogP contribution is 2.26. The molecule has 4 nitrogen and oxygen atoms in total. The number of hydrogen-bond acceptors (Lipinski definition) is 3. The topological polar surface area (TPSA) is 29.8 Å². The van der Waals surface area contributed by atoms with Crippen LogP contribution in [-0.4, -0.2) is 40.6 Å². The summed E-state index contributed by atoms with van der Waals surface area (Å²) in [5.41, 5.74) is 6.05. The van der Waals surface area contributed by atoms with Crippen molar-refractivity contribution in [2.24, 2.45) is 0 Å². The lowest BCUT2D eigenvalue weighted by molar-refractivity contribution is 0.0198. The maximum Gasteiger partial charge on any atom is 0.139 e. The van der Waals surface area contributed by atoms with Crippen LogP contribution in [0.15, 0.2) is 48.9 Å². The molecule has 0 spiro atoms. The quantitative estimate of drug-likeness (QED) is 0.737. The van der Waals surface area contributed by atoms with Crippen molar-refractivity contribution in [3.63, 3.8) is 0 Å². The van der Waals surface area contributed by atoms with E-state index >= 15 is 0 Å². The maximum absolute atomic E-state index is 5.45. The molecule has 0 saturated carbocycles. The van der Waals surface area contributed by atoms with Crippen LogP contribution >= 0.6 is 0 Å². The molecule has 1 aliphatic rings. The van der Waals surface area contributed by atoms with Gasteiger partial charge in [0.2, 0.25) is 0 Å². The molecular formula is C20H23N3O. The molecule has 0 bridgehead atoms. The molecule has 3 heterocycles. The predicted octanol–water partition coefficient (Wildman–Crippen LogP) is 3.70. The molecule has 4 heteroatoms. The number of ether oxygens (including phenoxy) is 1. The summed E-state index contributed by atoms with van der Waals surface area (Å²) in [5.74, 6) is 0. The number of rotatable bonds is 3.